The molecule has 3 amide bonds. The highest BCUT2D eigenvalue weighted by molar-refractivity contribution is 6.07. The number of non-ortho nitro benzene ring substituents is 1. The summed E-state index contributed by atoms with van der Waals surface area (Å²) in [5.74, 6) is -1.61. The average molecular weight is 491 g/mol. The third kappa shape index (κ3) is 4.92. The molecule has 0 aliphatic heterocycles. The van der Waals surface area contributed by atoms with Crippen molar-refractivity contribution in [3.63, 3.8) is 0 Å². The number of furan rings is 1. The number of aromatic hydroxyl groups is 1. The van der Waals surface area contributed by atoms with Crippen molar-refractivity contribution in [3.05, 3.63) is 92.4 Å². The number of phenols is 1. The lowest BCUT2D eigenvalue weighted by Crippen LogP contribution is -2.41. The Labute approximate surface area is 204 Å². The topological polar surface area (TPSA) is 176 Å². The SMILES string of the molecule is Cc1c(C(=O)NNC(=O)c2ccc([N+](=O)[O-])cc2)oc2c1/C(=N/NC(=O)c1ccccc1O)CCC2. The number of aryl methyl sites for hydroxylation is 1. The molecule has 184 valence electrons. The molecule has 0 atom stereocenters. The molecule has 0 radical (unpaired) electrons. The second-order valence-electron chi connectivity index (χ2n) is 7.94. The number of hydrogen-bond donors (Lipinski definition) is 4. The van der Waals surface area contributed by atoms with Gasteiger partial charge in [-0.15, -0.1) is 0 Å². The number of nitrogens with zero attached hydrogens (tertiary/aromatic N) is 2. The highest BCUT2D eigenvalue weighted by Gasteiger charge is 2.28. The van der Waals surface area contributed by atoms with Crippen molar-refractivity contribution in [1.29, 1.82) is 0 Å². The summed E-state index contributed by atoms with van der Waals surface area (Å²) < 4.78 is 5.75. The maximum Gasteiger partial charge on any atom is 0.305 e. The van der Waals surface area contributed by atoms with E-state index in [2.05, 4.69) is 21.4 Å². The van der Waals surface area contributed by atoms with Crippen LogP contribution in [-0.4, -0.2) is 33.5 Å². The van der Waals surface area contributed by atoms with Crippen LogP contribution >= 0.6 is 0 Å². The Balaban J connectivity index is 1.46. The molecule has 1 heterocycles. The van der Waals surface area contributed by atoms with Gasteiger partial charge in [-0.05, 0) is 44.0 Å². The molecule has 0 bridgehead atoms. The van der Waals surface area contributed by atoms with Crippen molar-refractivity contribution >= 4 is 29.1 Å². The van der Waals surface area contributed by atoms with E-state index in [0.29, 0.717) is 41.9 Å². The van der Waals surface area contributed by atoms with Gasteiger partial charge in [-0.25, -0.2) is 5.43 Å². The summed E-state index contributed by atoms with van der Waals surface area (Å²) in [4.78, 5) is 47.5. The summed E-state index contributed by atoms with van der Waals surface area (Å²) in [7, 11) is 0. The standard InChI is InChI=1S/C24H21N5O7/c1-13-20-17(25-27-23(32)16-5-2-3-7-18(16)30)6-4-8-19(20)36-21(13)24(33)28-26-22(31)14-9-11-15(12-10-14)29(34)35/h2-3,5,7,9-12,30H,4,6,8H2,1H3,(H,26,31)(H,27,32)(H,28,33)/b25-17+. The highest BCUT2D eigenvalue weighted by Crippen LogP contribution is 2.30. The van der Waals surface area contributed by atoms with Crippen LogP contribution < -0.4 is 16.3 Å². The van der Waals surface area contributed by atoms with Gasteiger partial charge < -0.3 is 9.52 Å². The number of carbonyl (C=O) groups is 3. The molecular weight excluding hydrogens is 470 g/mol. The summed E-state index contributed by atoms with van der Waals surface area (Å²) >= 11 is 0. The fraction of sp³-hybridized carbons (Fsp3) is 0.167. The van der Waals surface area contributed by atoms with Crippen LogP contribution in [0.1, 0.15) is 61.0 Å². The zero-order valence-electron chi connectivity index (χ0n) is 19.0. The predicted octanol–water partition coefficient (Wildman–Crippen LogP) is 2.75. The number of nitro groups is 1. The van der Waals surface area contributed by atoms with E-state index in [1.54, 1.807) is 19.1 Å². The smallest absolute Gasteiger partial charge is 0.305 e. The third-order valence-electron chi connectivity index (χ3n) is 5.60. The largest absolute Gasteiger partial charge is 0.507 e. The zero-order chi connectivity index (χ0) is 25.8. The molecule has 4 N–H and O–H groups in total. The number of carbonyl (C=O) groups excluding carboxylic acids is 3. The Morgan fingerprint density at radius 1 is 1.00 bits per heavy atom. The number of hydrazone groups is 1. The zero-order valence-corrected chi connectivity index (χ0v) is 19.0. The number of amides is 3. The van der Waals surface area contributed by atoms with E-state index in [4.69, 9.17) is 4.42 Å². The molecule has 3 aromatic rings. The number of nitrogens with one attached hydrogen (secondary N) is 3. The van der Waals surface area contributed by atoms with Crippen LogP contribution in [-0.2, 0) is 6.42 Å². The van der Waals surface area contributed by atoms with E-state index < -0.39 is 22.6 Å². The monoisotopic (exact) mass is 491 g/mol. The van der Waals surface area contributed by atoms with Crippen LogP contribution in [0.4, 0.5) is 5.69 Å². The molecule has 1 aromatic heterocycles. The average Bonchev–Trinajstić information content (AvgIpc) is 3.23. The van der Waals surface area contributed by atoms with Crippen molar-refractivity contribution < 1.29 is 28.8 Å². The summed E-state index contributed by atoms with van der Waals surface area (Å²) in [6.07, 6.45) is 1.78. The number of hydrogen-bond acceptors (Lipinski definition) is 8. The Morgan fingerprint density at radius 2 is 1.69 bits per heavy atom. The molecule has 1 aliphatic rings. The lowest BCUT2D eigenvalue weighted by Gasteiger charge is -2.13. The molecule has 1 aliphatic carbocycles. The summed E-state index contributed by atoms with van der Waals surface area (Å²) in [5, 5.41) is 24.8. The minimum absolute atomic E-state index is 0.0226. The lowest BCUT2D eigenvalue weighted by molar-refractivity contribution is -0.384. The molecule has 2 aromatic carbocycles. The molecule has 4 rings (SSSR count). The van der Waals surface area contributed by atoms with Gasteiger partial charge in [0.05, 0.1) is 16.2 Å². The summed E-state index contributed by atoms with van der Waals surface area (Å²) in [6, 6.07) is 11.0. The lowest BCUT2D eigenvalue weighted by atomic mass is 9.93. The minimum atomic E-state index is -0.699. The number of para-hydroxylation sites is 1. The fourth-order valence-corrected chi connectivity index (χ4v) is 3.82. The van der Waals surface area contributed by atoms with E-state index >= 15 is 0 Å². The second-order valence-corrected chi connectivity index (χ2v) is 7.94. The normalized spacial score (nSPS) is 13.5. The molecule has 0 saturated carbocycles. The molecule has 0 fully saturated rings. The molecule has 0 unspecified atom stereocenters. The van der Waals surface area contributed by atoms with Gasteiger partial charge in [0.25, 0.3) is 17.5 Å². The number of hydrazine groups is 1. The first-order chi connectivity index (χ1) is 17.3. The van der Waals surface area contributed by atoms with Gasteiger partial charge in [0.2, 0.25) is 0 Å². The fourth-order valence-electron chi connectivity index (χ4n) is 3.82. The molecule has 36 heavy (non-hydrogen) atoms. The van der Waals surface area contributed by atoms with Crippen LogP contribution in [0, 0.1) is 17.0 Å². The van der Waals surface area contributed by atoms with Gasteiger partial charge in [-0.1, -0.05) is 12.1 Å². The second kappa shape index (κ2) is 10.1. The molecular formula is C24H21N5O7. The van der Waals surface area contributed by atoms with Crippen molar-refractivity contribution in [3.8, 4) is 5.75 Å². The van der Waals surface area contributed by atoms with Gasteiger partial charge >= 0.3 is 5.91 Å². The summed E-state index contributed by atoms with van der Waals surface area (Å²) in [6.45, 7) is 1.67. The number of fused-ring (bicyclic) bond motifs is 1. The minimum Gasteiger partial charge on any atom is -0.507 e. The predicted molar refractivity (Wildman–Crippen MR) is 127 cm³/mol. The number of nitro benzene ring substituents is 1. The Hall–Kier alpha value is -5.00. The van der Waals surface area contributed by atoms with Crippen LogP contribution in [0.25, 0.3) is 0 Å². The van der Waals surface area contributed by atoms with E-state index in [1.807, 2.05) is 0 Å². The maximum absolute atomic E-state index is 12.7. The van der Waals surface area contributed by atoms with Crippen molar-refractivity contribution in [2.75, 3.05) is 0 Å². The molecule has 12 heteroatoms. The van der Waals surface area contributed by atoms with Crippen molar-refractivity contribution in [1.82, 2.24) is 16.3 Å². The van der Waals surface area contributed by atoms with E-state index in [9.17, 15) is 29.6 Å². The number of rotatable bonds is 5. The van der Waals surface area contributed by atoms with Gasteiger partial charge in [0, 0.05) is 35.2 Å². The first-order valence-corrected chi connectivity index (χ1v) is 10.9. The Morgan fingerprint density at radius 3 is 2.39 bits per heavy atom. The van der Waals surface area contributed by atoms with Gasteiger partial charge in [0.15, 0.2) is 5.76 Å². The van der Waals surface area contributed by atoms with Crippen molar-refractivity contribution in [2.24, 2.45) is 5.10 Å². The van der Waals surface area contributed by atoms with E-state index in [-0.39, 0.29) is 28.3 Å². The highest BCUT2D eigenvalue weighted by atomic mass is 16.6. The Kier molecular flexibility index (Phi) is 6.77. The van der Waals surface area contributed by atoms with Crippen LogP contribution in [0.2, 0.25) is 0 Å². The molecule has 0 spiro atoms. The first kappa shape index (κ1) is 24.1. The van der Waals surface area contributed by atoms with Gasteiger partial charge in [-0.3, -0.25) is 35.3 Å². The Bertz CT molecular complexity index is 1390. The quantitative estimate of drug-likeness (QED) is 0.313. The number of phenolic OH excluding ortho intramolecular Hbond substituents is 1. The summed E-state index contributed by atoms with van der Waals surface area (Å²) in [5.41, 5.74) is 8.60. The first-order valence-electron chi connectivity index (χ1n) is 10.9. The maximum atomic E-state index is 12.7. The van der Waals surface area contributed by atoms with Crippen LogP contribution in [0.5, 0.6) is 5.75 Å². The van der Waals surface area contributed by atoms with Crippen LogP contribution in [0.3, 0.4) is 0 Å². The third-order valence-corrected chi connectivity index (χ3v) is 5.60. The number of benzene rings is 2. The van der Waals surface area contributed by atoms with Gasteiger partial charge in [0.1, 0.15) is 11.5 Å². The van der Waals surface area contributed by atoms with Gasteiger partial charge in [-0.2, -0.15) is 5.10 Å². The molecule has 0 saturated heterocycles. The van der Waals surface area contributed by atoms with Crippen molar-refractivity contribution in [2.45, 2.75) is 26.2 Å². The molecule has 12 nitrogen and oxygen atoms in total. The van der Waals surface area contributed by atoms with E-state index in [1.165, 1.54) is 36.4 Å². The van der Waals surface area contributed by atoms with Crippen LogP contribution in [0.15, 0.2) is 58.0 Å². The van der Waals surface area contributed by atoms with E-state index in [0.717, 1.165) is 0 Å².